The van der Waals surface area contributed by atoms with Gasteiger partial charge in [-0.1, -0.05) is 0 Å². The Balaban J connectivity index is 1.97. The minimum absolute atomic E-state index is 0.281. The number of benzene rings is 1. The average Bonchev–Trinajstić information content (AvgIpc) is 3.14. The van der Waals surface area contributed by atoms with Crippen LogP contribution in [0.5, 0.6) is 0 Å². The predicted molar refractivity (Wildman–Crippen MR) is 83.5 cm³/mol. The molecule has 0 atom stereocenters. The van der Waals surface area contributed by atoms with Crippen LogP contribution in [0.25, 0.3) is 28.3 Å². The molecule has 3 heterocycles. The Bertz CT molecular complexity index is 1060. The van der Waals surface area contributed by atoms with Crippen molar-refractivity contribution in [3.05, 3.63) is 64.6 Å². The van der Waals surface area contributed by atoms with Crippen LogP contribution in [0.15, 0.2) is 47.7 Å². The van der Waals surface area contributed by atoms with Crippen LogP contribution in [0.4, 0.5) is 4.39 Å². The van der Waals surface area contributed by atoms with Crippen LogP contribution in [-0.2, 0) is 0 Å². The second kappa shape index (κ2) is 4.91. The number of nitrogens with zero attached hydrogens (tertiary/aromatic N) is 3. The molecule has 0 amide bonds. The van der Waals surface area contributed by atoms with Gasteiger partial charge in [-0.15, -0.1) is 5.10 Å². The molecule has 4 rings (SSSR count). The summed E-state index contributed by atoms with van der Waals surface area (Å²) in [4.78, 5) is 22.3. The first-order valence-corrected chi connectivity index (χ1v) is 7.01. The van der Waals surface area contributed by atoms with E-state index in [4.69, 9.17) is 0 Å². The molecule has 7 heteroatoms. The van der Waals surface area contributed by atoms with Crippen molar-refractivity contribution in [3.63, 3.8) is 0 Å². The van der Waals surface area contributed by atoms with Gasteiger partial charge in [0.15, 0.2) is 17.2 Å². The molecule has 0 unspecified atom stereocenters. The number of halogens is 1. The summed E-state index contributed by atoms with van der Waals surface area (Å²) in [6.07, 6.45) is 5.06. The minimum Gasteiger partial charge on any atom is -0.367 e. The number of rotatable bonds is 2. The summed E-state index contributed by atoms with van der Waals surface area (Å²) in [5.74, 6) is 0.604. The number of fused-ring (bicyclic) bond motifs is 1. The van der Waals surface area contributed by atoms with Crippen molar-refractivity contribution in [3.8, 4) is 22.8 Å². The van der Waals surface area contributed by atoms with Gasteiger partial charge in [0.1, 0.15) is 5.82 Å². The van der Waals surface area contributed by atoms with Crippen molar-refractivity contribution < 1.29 is 4.39 Å². The zero-order chi connectivity index (χ0) is 16.0. The zero-order valence-electron chi connectivity index (χ0n) is 12.2. The molecule has 0 aliphatic heterocycles. The first-order chi connectivity index (χ1) is 11.1. The molecule has 0 aliphatic carbocycles. The topological polar surface area (TPSA) is 78.8 Å². The van der Waals surface area contributed by atoms with Crippen molar-refractivity contribution in [1.82, 2.24) is 24.6 Å². The van der Waals surface area contributed by atoms with E-state index < -0.39 is 0 Å². The summed E-state index contributed by atoms with van der Waals surface area (Å²) in [7, 11) is 0. The van der Waals surface area contributed by atoms with Gasteiger partial charge in [-0.3, -0.25) is 4.79 Å². The molecule has 1 aromatic carbocycles. The molecule has 4 aromatic rings. The second-order valence-electron chi connectivity index (χ2n) is 5.24. The third kappa shape index (κ3) is 2.13. The van der Waals surface area contributed by atoms with Crippen LogP contribution < -0.4 is 5.56 Å². The van der Waals surface area contributed by atoms with Crippen molar-refractivity contribution in [2.45, 2.75) is 6.92 Å². The van der Waals surface area contributed by atoms with Crippen molar-refractivity contribution in [2.24, 2.45) is 0 Å². The third-order valence-electron chi connectivity index (χ3n) is 3.71. The van der Waals surface area contributed by atoms with Crippen LogP contribution in [0.3, 0.4) is 0 Å². The zero-order valence-corrected chi connectivity index (χ0v) is 12.2. The fourth-order valence-corrected chi connectivity index (χ4v) is 2.51. The van der Waals surface area contributed by atoms with Crippen LogP contribution in [0.1, 0.15) is 5.56 Å². The maximum Gasteiger partial charge on any atom is 0.277 e. The molecular formula is C16H12FN5O. The lowest BCUT2D eigenvalue weighted by Crippen LogP contribution is -2.14. The summed E-state index contributed by atoms with van der Waals surface area (Å²) < 4.78 is 14.6. The van der Waals surface area contributed by atoms with Crippen LogP contribution in [0, 0.1) is 12.7 Å². The molecule has 2 N–H and O–H groups in total. The van der Waals surface area contributed by atoms with Crippen molar-refractivity contribution in [2.75, 3.05) is 0 Å². The SMILES string of the molecule is Cc1c[nH]cc1-c1nn2c(-c3ccc(F)cc3)ncc2c(=O)[nH]1. The molecule has 114 valence electrons. The highest BCUT2D eigenvalue weighted by Gasteiger charge is 2.14. The van der Waals surface area contributed by atoms with Gasteiger partial charge in [0.05, 0.1) is 6.20 Å². The fourth-order valence-electron chi connectivity index (χ4n) is 2.51. The third-order valence-corrected chi connectivity index (χ3v) is 3.71. The second-order valence-corrected chi connectivity index (χ2v) is 5.24. The van der Waals surface area contributed by atoms with E-state index >= 15 is 0 Å². The highest BCUT2D eigenvalue weighted by atomic mass is 19.1. The maximum atomic E-state index is 13.1. The molecule has 0 saturated carbocycles. The fraction of sp³-hybridized carbons (Fsp3) is 0.0625. The molecule has 6 nitrogen and oxygen atoms in total. The number of imidazole rings is 1. The highest BCUT2D eigenvalue weighted by Crippen LogP contribution is 2.21. The van der Waals surface area contributed by atoms with Crippen LogP contribution >= 0.6 is 0 Å². The quantitative estimate of drug-likeness (QED) is 0.597. The lowest BCUT2D eigenvalue weighted by Gasteiger charge is -2.04. The van der Waals surface area contributed by atoms with E-state index in [9.17, 15) is 9.18 Å². The van der Waals surface area contributed by atoms with E-state index in [0.717, 1.165) is 11.1 Å². The highest BCUT2D eigenvalue weighted by molar-refractivity contribution is 5.63. The lowest BCUT2D eigenvalue weighted by molar-refractivity contribution is 0.628. The Morgan fingerprint density at radius 2 is 1.96 bits per heavy atom. The lowest BCUT2D eigenvalue weighted by atomic mass is 10.2. The molecule has 0 aliphatic rings. The Labute approximate surface area is 129 Å². The summed E-state index contributed by atoms with van der Waals surface area (Å²) in [5.41, 5.74) is 2.51. The number of H-pyrrole nitrogens is 2. The standard InChI is InChI=1S/C16H12FN5O/c1-9-6-18-7-12(9)14-20-16(23)13-8-19-15(22(13)21-14)10-2-4-11(17)5-3-10/h2-8,18H,1H3,(H,20,21,23). The smallest absolute Gasteiger partial charge is 0.277 e. The largest absolute Gasteiger partial charge is 0.367 e. The minimum atomic E-state index is -0.330. The first kappa shape index (κ1) is 13.4. The van der Waals surface area contributed by atoms with Gasteiger partial charge in [0, 0.05) is 23.5 Å². The number of aryl methyl sites for hydroxylation is 1. The molecule has 0 fully saturated rings. The predicted octanol–water partition coefficient (Wildman–Crippen LogP) is 2.53. The van der Waals surface area contributed by atoms with Gasteiger partial charge in [-0.05, 0) is 36.8 Å². The van der Waals surface area contributed by atoms with Gasteiger partial charge >= 0.3 is 0 Å². The number of aromatic amines is 2. The van der Waals surface area contributed by atoms with Gasteiger partial charge in [0.2, 0.25) is 0 Å². The Morgan fingerprint density at radius 3 is 2.65 bits per heavy atom. The molecule has 23 heavy (non-hydrogen) atoms. The summed E-state index contributed by atoms with van der Waals surface area (Å²) >= 11 is 0. The molecular weight excluding hydrogens is 297 g/mol. The molecule has 0 bridgehead atoms. The van der Waals surface area contributed by atoms with Crippen molar-refractivity contribution >= 4 is 5.52 Å². The van der Waals surface area contributed by atoms with Crippen LogP contribution in [-0.4, -0.2) is 24.6 Å². The number of hydrogen-bond donors (Lipinski definition) is 2. The van der Waals surface area contributed by atoms with Gasteiger partial charge < -0.3 is 9.97 Å². The van der Waals surface area contributed by atoms with Gasteiger partial charge in [-0.25, -0.2) is 13.9 Å². The van der Waals surface area contributed by atoms with E-state index in [0.29, 0.717) is 22.7 Å². The number of aromatic nitrogens is 5. The molecule has 3 aromatic heterocycles. The van der Waals surface area contributed by atoms with Gasteiger partial charge in [-0.2, -0.15) is 0 Å². The van der Waals surface area contributed by atoms with Crippen LogP contribution in [0.2, 0.25) is 0 Å². The van der Waals surface area contributed by atoms with E-state index in [1.165, 1.54) is 22.8 Å². The number of nitrogens with one attached hydrogen (secondary N) is 2. The molecule has 0 saturated heterocycles. The van der Waals surface area contributed by atoms with E-state index in [-0.39, 0.29) is 11.4 Å². The average molecular weight is 309 g/mol. The normalized spacial score (nSPS) is 11.2. The summed E-state index contributed by atoms with van der Waals surface area (Å²) in [5, 5.41) is 4.48. The Hall–Kier alpha value is -3.22. The summed E-state index contributed by atoms with van der Waals surface area (Å²) in [6, 6.07) is 5.91. The Kier molecular flexibility index (Phi) is 2.87. The number of hydrogen-bond acceptors (Lipinski definition) is 3. The van der Waals surface area contributed by atoms with E-state index in [1.807, 2.05) is 13.1 Å². The Morgan fingerprint density at radius 1 is 1.17 bits per heavy atom. The maximum absolute atomic E-state index is 13.1. The molecule has 0 spiro atoms. The monoisotopic (exact) mass is 309 g/mol. The van der Waals surface area contributed by atoms with Crippen molar-refractivity contribution in [1.29, 1.82) is 0 Å². The molecule has 0 radical (unpaired) electrons. The van der Waals surface area contributed by atoms with E-state index in [2.05, 4.69) is 20.1 Å². The van der Waals surface area contributed by atoms with E-state index in [1.54, 1.807) is 18.3 Å². The summed E-state index contributed by atoms with van der Waals surface area (Å²) in [6.45, 7) is 1.92. The first-order valence-electron chi connectivity index (χ1n) is 7.01. The van der Waals surface area contributed by atoms with Gasteiger partial charge in [0.25, 0.3) is 5.56 Å².